The molecule has 0 spiro atoms. The van der Waals surface area contributed by atoms with Crippen LogP contribution in [0.25, 0.3) is 0 Å². The largest absolute Gasteiger partial charge is 0.480 e. The van der Waals surface area contributed by atoms with Crippen LogP contribution < -0.4 is 11.1 Å². The number of amides is 2. The predicted octanol–water partition coefficient (Wildman–Crippen LogP) is 2.20. The third-order valence-electron chi connectivity index (χ3n) is 11.7. The fourth-order valence-corrected chi connectivity index (χ4v) is 9.50. The number of rotatable bonds is 9. The Balaban J connectivity index is 1.42. The number of carbonyl (C=O) groups excluding carboxylic acids is 2. The minimum absolute atomic E-state index is 0.0302. The first-order valence-corrected chi connectivity index (χ1v) is 14.6. The molecule has 9 heteroatoms. The summed E-state index contributed by atoms with van der Waals surface area (Å²) in [5.74, 6) is -0.935. The smallest absolute Gasteiger partial charge is 0.326 e. The number of carboxylic acids is 1. The highest BCUT2D eigenvalue weighted by molar-refractivity contribution is 5.84. The molecule has 4 saturated carbocycles. The van der Waals surface area contributed by atoms with E-state index in [1.807, 2.05) is 0 Å². The molecule has 7 N–H and O–H groups in total. The first-order chi connectivity index (χ1) is 17.8. The zero-order chi connectivity index (χ0) is 28.0. The molecule has 0 aromatic carbocycles. The summed E-state index contributed by atoms with van der Waals surface area (Å²) in [6, 6.07) is -1.14. The third-order valence-corrected chi connectivity index (χ3v) is 11.7. The average molecular weight is 537 g/mol. The number of hydrogen-bond donors (Lipinski definition) is 6. The molecule has 0 radical (unpaired) electrons. The Morgan fingerprint density at radius 3 is 2.34 bits per heavy atom. The first kappa shape index (κ1) is 29.3. The standard InChI is InChI=1S/C29H48N2O7/c1-15(4-9-25(36)31-21(27(37)38)7-8-24(30)35)18-5-6-19-26-20(14-23(34)29(18,19)3)28(2)11-10-17(32)12-16(28)13-22(26)33/h15-23,26,32-34H,4-14H2,1-3H3,(H2,30,35)(H,31,36)(H,37,38)/t15-,16+,17-,18-,19+,20+,21?,22-,23+,26+,28+,29-/m1/s1. The van der Waals surface area contributed by atoms with Crippen LogP contribution in [0.4, 0.5) is 0 Å². The van der Waals surface area contributed by atoms with E-state index >= 15 is 0 Å². The van der Waals surface area contributed by atoms with Crippen LogP contribution in [0.3, 0.4) is 0 Å². The number of aliphatic hydroxyl groups excluding tert-OH is 3. The predicted molar refractivity (Wildman–Crippen MR) is 140 cm³/mol. The molecule has 4 rings (SSSR count). The fourth-order valence-electron chi connectivity index (χ4n) is 9.50. The molecule has 0 aliphatic heterocycles. The number of nitrogens with two attached hydrogens (primary N) is 1. The summed E-state index contributed by atoms with van der Waals surface area (Å²) in [6.07, 6.45) is 5.13. The Labute approximate surface area is 225 Å². The second-order valence-corrected chi connectivity index (χ2v) is 13.5. The molecule has 12 atom stereocenters. The van der Waals surface area contributed by atoms with Gasteiger partial charge in [-0.15, -0.1) is 0 Å². The summed E-state index contributed by atoms with van der Waals surface area (Å²) in [6.45, 7) is 6.62. The number of carboxylic acid groups (broad SMARTS) is 1. The van der Waals surface area contributed by atoms with Crippen molar-refractivity contribution in [3.8, 4) is 0 Å². The second kappa shape index (κ2) is 11.0. The molecule has 4 aliphatic rings. The summed E-state index contributed by atoms with van der Waals surface area (Å²) in [5.41, 5.74) is 4.80. The molecule has 1 unspecified atom stereocenters. The quantitative estimate of drug-likeness (QED) is 0.262. The van der Waals surface area contributed by atoms with Crippen LogP contribution in [-0.2, 0) is 14.4 Å². The lowest BCUT2D eigenvalue weighted by molar-refractivity contribution is -0.207. The van der Waals surface area contributed by atoms with Crippen molar-refractivity contribution in [3.05, 3.63) is 0 Å². The van der Waals surface area contributed by atoms with Crippen LogP contribution in [0.15, 0.2) is 0 Å². The summed E-state index contributed by atoms with van der Waals surface area (Å²) in [7, 11) is 0. The highest BCUT2D eigenvalue weighted by atomic mass is 16.4. The highest BCUT2D eigenvalue weighted by Gasteiger charge is 2.65. The van der Waals surface area contributed by atoms with Crippen LogP contribution in [0, 0.1) is 46.3 Å². The summed E-state index contributed by atoms with van der Waals surface area (Å²) in [4.78, 5) is 35.1. The molecule has 0 heterocycles. The van der Waals surface area contributed by atoms with Crippen LogP contribution in [0.2, 0.25) is 0 Å². The van der Waals surface area contributed by atoms with Gasteiger partial charge >= 0.3 is 5.97 Å². The van der Waals surface area contributed by atoms with Crippen molar-refractivity contribution in [1.82, 2.24) is 5.32 Å². The van der Waals surface area contributed by atoms with E-state index in [1.165, 1.54) is 0 Å². The Morgan fingerprint density at radius 1 is 0.974 bits per heavy atom. The van der Waals surface area contributed by atoms with E-state index in [2.05, 4.69) is 26.1 Å². The number of carbonyl (C=O) groups is 3. The average Bonchev–Trinajstić information content (AvgIpc) is 3.20. The zero-order valence-electron chi connectivity index (χ0n) is 23.1. The van der Waals surface area contributed by atoms with Crippen molar-refractivity contribution < 1.29 is 34.8 Å². The Kier molecular flexibility index (Phi) is 8.51. The lowest BCUT2D eigenvalue weighted by Gasteiger charge is -2.63. The minimum Gasteiger partial charge on any atom is -0.480 e. The van der Waals surface area contributed by atoms with Crippen LogP contribution >= 0.6 is 0 Å². The number of nitrogens with one attached hydrogen (secondary N) is 1. The van der Waals surface area contributed by atoms with Crippen molar-refractivity contribution in [1.29, 1.82) is 0 Å². The van der Waals surface area contributed by atoms with Gasteiger partial charge < -0.3 is 31.5 Å². The summed E-state index contributed by atoms with van der Waals surface area (Å²) >= 11 is 0. The Bertz CT molecular complexity index is 913. The van der Waals surface area contributed by atoms with Crippen molar-refractivity contribution in [2.24, 2.45) is 52.1 Å². The van der Waals surface area contributed by atoms with Gasteiger partial charge in [-0.3, -0.25) is 9.59 Å². The van der Waals surface area contributed by atoms with Gasteiger partial charge in [-0.25, -0.2) is 4.79 Å². The normalized spacial score (nSPS) is 43.7. The maximum atomic E-state index is 12.6. The lowest BCUT2D eigenvalue weighted by atomic mass is 9.43. The number of primary amides is 1. The van der Waals surface area contributed by atoms with E-state index in [9.17, 15) is 34.8 Å². The van der Waals surface area contributed by atoms with E-state index in [-0.39, 0.29) is 77.6 Å². The van der Waals surface area contributed by atoms with E-state index in [0.717, 1.165) is 38.5 Å². The maximum absolute atomic E-state index is 12.6. The van der Waals surface area contributed by atoms with Gasteiger partial charge in [-0.1, -0.05) is 20.8 Å². The maximum Gasteiger partial charge on any atom is 0.326 e. The van der Waals surface area contributed by atoms with Gasteiger partial charge in [0.25, 0.3) is 0 Å². The molecule has 0 saturated heterocycles. The van der Waals surface area contributed by atoms with E-state index in [0.29, 0.717) is 12.8 Å². The van der Waals surface area contributed by atoms with Crippen LogP contribution in [0.5, 0.6) is 0 Å². The van der Waals surface area contributed by atoms with Crippen LogP contribution in [-0.4, -0.2) is 62.6 Å². The number of hydrogen-bond acceptors (Lipinski definition) is 6. The monoisotopic (exact) mass is 536 g/mol. The minimum atomic E-state index is -1.19. The van der Waals surface area contributed by atoms with Crippen molar-refractivity contribution >= 4 is 17.8 Å². The van der Waals surface area contributed by atoms with Gasteiger partial charge in [0.1, 0.15) is 6.04 Å². The van der Waals surface area contributed by atoms with E-state index < -0.39 is 30.1 Å². The first-order valence-electron chi connectivity index (χ1n) is 14.6. The molecule has 0 aromatic rings. The topological polar surface area (TPSA) is 170 Å². The van der Waals surface area contributed by atoms with Gasteiger partial charge in [0, 0.05) is 12.8 Å². The molecule has 0 bridgehead atoms. The molecule has 9 nitrogen and oxygen atoms in total. The molecular formula is C29H48N2O7. The highest BCUT2D eigenvalue weighted by Crippen LogP contribution is 2.68. The fraction of sp³-hybridized carbons (Fsp3) is 0.897. The van der Waals surface area contributed by atoms with Gasteiger partial charge in [0.2, 0.25) is 11.8 Å². The van der Waals surface area contributed by atoms with Crippen molar-refractivity contribution in [2.45, 2.75) is 116 Å². The Hall–Kier alpha value is -1.71. The van der Waals surface area contributed by atoms with E-state index in [1.54, 1.807) is 0 Å². The molecular weight excluding hydrogens is 488 g/mol. The number of aliphatic carboxylic acids is 1. The SMILES string of the molecule is C[C@H](CCC(=O)NC(CCC(N)=O)C(=O)O)[C@H]1CC[C@H]2[C@@H]3[C@H](O)C[C@@H]4C[C@H](O)CC[C@]4(C)[C@H]3C[C@H](O)[C@]12C. The Morgan fingerprint density at radius 2 is 1.68 bits per heavy atom. The number of aliphatic hydroxyl groups is 3. The molecule has 0 aromatic heterocycles. The third kappa shape index (κ3) is 5.22. The van der Waals surface area contributed by atoms with Gasteiger partial charge in [0.15, 0.2) is 0 Å². The van der Waals surface area contributed by atoms with Crippen molar-refractivity contribution in [3.63, 3.8) is 0 Å². The van der Waals surface area contributed by atoms with Crippen LogP contribution in [0.1, 0.15) is 91.4 Å². The molecule has 4 fully saturated rings. The van der Waals surface area contributed by atoms with Gasteiger partial charge in [-0.2, -0.15) is 0 Å². The number of fused-ring (bicyclic) bond motifs is 5. The van der Waals surface area contributed by atoms with Gasteiger partial charge in [0.05, 0.1) is 18.3 Å². The summed E-state index contributed by atoms with van der Waals surface area (Å²) < 4.78 is 0. The van der Waals surface area contributed by atoms with E-state index in [4.69, 9.17) is 5.73 Å². The molecule has 2 amide bonds. The lowest BCUT2D eigenvalue weighted by Crippen LogP contribution is -2.62. The molecule has 216 valence electrons. The summed E-state index contributed by atoms with van der Waals surface area (Å²) in [5, 5.41) is 45.3. The molecule has 38 heavy (non-hydrogen) atoms. The van der Waals surface area contributed by atoms with Gasteiger partial charge in [-0.05, 0) is 104 Å². The van der Waals surface area contributed by atoms with Crippen molar-refractivity contribution in [2.75, 3.05) is 0 Å². The molecule has 4 aliphatic carbocycles. The second-order valence-electron chi connectivity index (χ2n) is 13.5. The zero-order valence-corrected chi connectivity index (χ0v) is 23.1.